The Morgan fingerprint density at radius 2 is 2.12 bits per heavy atom. The lowest BCUT2D eigenvalue weighted by atomic mass is 10.3. The minimum atomic E-state index is -0.203. The van der Waals surface area contributed by atoms with Crippen molar-refractivity contribution in [1.82, 2.24) is 19.6 Å². The second kappa shape index (κ2) is 3.16. The van der Waals surface area contributed by atoms with Crippen LogP contribution in [0.25, 0.3) is 16.7 Å². The Morgan fingerprint density at radius 3 is 2.94 bits per heavy atom. The van der Waals surface area contributed by atoms with Gasteiger partial charge >= 0.3 is 0 Å². The fraction of sp³-hybridized carbons (Fsp3) is 0.182. The number of rotatable bonds is 1. The van der Waals surface area contributed by atoms with Gasteiger partial charge in [0.15, 0.2) is 0 Å². The van der Waals surface area contributed by atoms with Crippen LogP contribution < -0.4 is 5.56 Å². The molecule has 0 bridgehead atoms. The van der Waals surface area contributed by atoms with Gasteiger partial charge < -0.3 is 4.98 Å². The number of benzene rings is 1. The van der Waals surface area contributed by atoms with Gasteiger partial charge in [-0.15, -0.1) is 10.2 Å². The highest BCUT2D eigenvalue weighted by Gasteiger charge is 2.10. The number of hydrogen-bond donors (Lipinski definition) is 1. The molecule has 1 aromatic carbocycles. The maximum Gasteiger partial charge on any atom is 0.294 e. The molecule has 0 amide bonds. The largest absolute Gasteiger partial charge is 0.317 e. The molecular formula is C11H10N4O. The molecule has 5 nitrogen and oxygen atoms in total. The molecule has 3 rings (SSSR count). The van der Waals surface area contributed by atoms with Gasteiger partial charge in [0, 0.05) is 6.42 Å². The van der Waals surface area contributed by atoms with Crippen molar-refractivity contribution in [2.24, 2.45) is 0 Å². The van der Waals surface area contributed by atoms with Crippen molar-refractivity contribution < 1.29 is 0 Å². The summed E-state index contributed by atoms with van der Waals surface area (Å²) < 4.78 is 1.81. The first-order valence-electron chi connectivity index (χ1n) is 5.16. The summed E-state index contributed by atoms with van der Waals surface area (Å²) in [5, 5.41) is 7.93. The zero-order valence-electron chi connectivity index (χ0n) is 8.77. The first-order chi connectivity index (χ1) is 7.81. The van der Waals surface area contributed by atoms with E-state index in [1.165, 1.54) is 0 Å². The predicted molar refractivity (Wildman–Crippen MR) is 60.5 cm³/mol. The summed E-state index contributed by atoms with van der Waals surface area (Å²) in [5.41, 5.74) is 1.88. The molecule has 16 heavy (non-hydrogen) atoms. The van der Waals surface area contributed by atoms with Crippen molar-refractivity contribution in [1.29, 1.82) is 0 Å². The number of nitrogens with one attached hydrogen (secondary N) is 1. The minimum Gasteiger partial charge on any atom is -0.317 e. The summed E-state index contributed by atoms with van der Waals surface area (Å²) >= 11 is 0. The number of fused-ring (bicyclic) bond motifs is 3. The summed E-state index contributed by atoms with van der Waals surface area (Å²) in [6.45, 7) is 1.99. The van der Waals surface area contributed by atoms with Crippen LogP contribution >= 0.6 is 0 Å². The quantitative estimate of drug-likeness (QED) is 0.660. The van der Waals surface area contributed by atoms with Gasteiger partial charge in [0.25, 0.3) is 5.56 Å². The summed E-state index contributed by atoms with van der Waals surface area (Å²) in [6, 6.07) is 7.63. The molecule has 1 N–H and O–H groups in total. The van der Waals surface area contributed by atoms with Crippen molar-refractivity contribution in [2.75, 3.05) is 0 Å². The molecule has 0 aliphatic heterocycles. The fourth-order valence-electron chi connectivity index (χ4n) is 1.90. The second-order valence-corrected chi connectivity index (χ2v) is 3.60. The predicted octanol–water partition coefficient (Wildman–Crippen LogP) is 1.13. The molecule has 0 atom stereocenters. The lowest BCUT2D eigenvalue weighted by Crippen LogP contribution is -2.11. The molecule has 0 unspecified atom stereocenters. The van der Waals surface area contributed by atoms with Gasteiger partial charge in [-0.2, -0.15) is 0 Å². The van der Waals surface area contributed by atoms with Gasteiger partial charge in [-0.25, -0.2) is 0 Å². The summed E-state index contributed by atoms with van der Waals surface area (Å²) in [6.07, 6.45) is 0.745. The Bertz CT molecular complexity index is 726. The SMILES string of the molecule is CCc1nnc2c(=O)[nH]c3ccccc3n12. The Kier molecular flexibility index (Phi) is 1.80. The molecule has 0 saturated heterocycles. The molecule has 0 aliphatic rings. The number of aromatic nitrogens is 4. The summed E-state index contributed by atoms with van der Waals surface area (Å²) in [7, 11) is 0. The summed E-state index contributed by atoms with van der Waals surface area (Å²) in [4.78, 5) is 14.5. The average Bonchev–Trinajstić information content (AvgIpc) is 2.74. The highest BCUT2D eigenvalue weighted by Crippen LogP contribution is 2.12. The lowest BCUT2D eigenvalue weighted by Gasteiger charge is -2.02. The topological polar surface area (TPSA) is 63.0 Å². The minimum absolute atomic E-state index is 0.203. The fourth-order valence-corrected chi connectivity index (χ4v) is 1.90. The van der Waals surface area contributed by atoms with E-state index in [2.05, 4.69) is 15.2 Å². The second-order valence-electron chi connectivity index (χ2n) is 3.60. The third-order valence-electron chi connectivity index (χ3n) is 2.64. The number of aryl methyl sites for hydroxylation is 1. The maximum absolute atomic E-state index is 11.7. The van der Waals surface area contributed by atoms with E-state index in [0.29, 0.717) is 5.65 Å². The third-order valence-corrected chi connectivity index (χ3v) is 2.64. The first kappa shape index (κ1) is 9.08. The van der Waals surface area contributed by atoms with E-state index in [4.69, 9.17) is 0 Å². The molecule has 2 aromatic heterocycles. The Balaban J connectivity index is 2.65. The van der Waals surface area contributed by atoms with Crippen molar-refractivity contribution in [3.63, 3.8) is 0 Å². The van der Waals surface area contributed by atoms with Crippen LogP contribution in [-0.2, 0) is 6.42 Å². The van der Waals surface area contributed by atoms with Crippen LogP contribution in [0.4, 0.5) is 0 Å². The number of hydrogen-bond acceptors (Lipinski definition) is 3. The normalized spacial score (nSPS) is 11.3. The third kappa shape index (κ3) is 1.08. The number of aromatic amines is 1. The summed E-state index contributed by atoms with van der Waals surface area (Å²) in [5.74, 6) is 0.803. The highest BCUT2D eigenvalue weighted by atomic mass is 16.1. The molecule has 0 aliphatic carbocycles. The maximum atomic E-state index is 11.7. The Morgan fingerprint density at radius 1 is 1.31 bits per heavy atom. The van der Waals surface area contributed by atoms with Crippen molar-refractivity contribution in [3.05, 3.63) is 40.4 Å². The average molecular weight is 214 g/mol. The van der Waals surface area contributed by atoms with Gasteiger partial charge in [-0.3, -0.25) is 9.20 Å². The van der Waals surface area contributed by atoms with Crippen LogP contribution in [-0.4, -0.2) is 19.6 Å². The number of para-hydroxylation sites is 2. The van der Waals surface area contributed by atoms with E-state index >= 15 is 0 Å². The molecule has 3 aromatic rings. The van der Waals surface area contributed by atoms with Crippen LogP contribution in [0.5, 0.6) is 0 Å². The van der Waals surface area contributed by atoms with E-state index in [9.17, 15) is 4.79 Å². The Hall–Kier alpha value is -2.17. The van der Waals surface area contributed by atoms with Gasteiger partial charge in [0.05, 0.1) is 11.0 Å². The van der Waals surface area contributed by atoms with Gasteiger partial charge in [-0.05, 0) is 12.1 Å². The van der Waals surface area contributed by atoms with E-state index in [-0.39, 0.29) is 5.56 Å². The van der Waals surface area contributed by atoms with Crippen molar-refractivity contribution in [3.8, 4) is 0 Å². The van der Waals surface area contributed by atoms with Crippen molar-refractivity contribution >= 4 is 16.7 Å². The van der Waals surface area contributed by atoms with E-state index < -0.39 is 0 Å². The first-order valence-corrected chi connectivity index (χ1v) is 5.16. The van der Waals surface area contributed by atoms with Crippen LogP contribution in [0.3, 0.4) is 0 Å². The van der Waals surface area contributed by atoms with Crippen LogP contribution in [0.2, 0.25) is 0 Å². The zero-order chi connectivity index (χ0) is 11.1. The number of nitrogens with zero attached hydrogens (tertiary/aromatic N) is 3. The van der Waals surface area contributed by atoms with Crippen LogP contribution in [0.1, 0.15) is 12.7 Å². The molecule has 80 valence electrons. The van der Waals surface area contributed by atoms with Crippen LogP contribution in [0, 0.1) is 0 Å². The molecule has 2 heterocycles. The highest BCUT2D eigenvalue weighted by molar-refractivity contribution is 5.77. The number of H-pyrrole nitrogens is 1. The molecule has 0 saturated carbocycles. The standard InChI is InChI=1S/C11H10N4O/c1-2-9-13-14-10-11(16)12-7-5-3-4-6-8(7)15(9)10/h3-6H,2H2,1H3,(H,12,16). The van der Waals surface area contributed by atoms with E-state index in [1.54, 1.807) is 0 Å². The van der Waals surface area contributed by atoms with Gasteiger partial charge in [0.2, 0.25) is 5.65 Å². The van der Waals surface area contributed by atoms with Gasteiger partial charge in [0.1, 0.15) is 5.82 Å². The zero-order valence-corrected chi connectivity index (χ0v) is 8.77. The van der Waals surface area contributed by atoms with Crippen molar-refractivity contribution in [2.45, 2.75) is 13.3 Å². The van der Waals surface area contributed by atoms with Gasteiger partial charge in [-0.1, -0.05) is 19.1 Å². The smallest absolute Gasteiger partial charge is 0.294 e. The molecule has 0 spiro atoms. The Labute approximate surface area is 90.8 Å². The monoisotopic (exact) mass is 214 g/mol. The molecular weight excluding hydrogens is 204 g/mol. The lowest BCUT2D eigenvalue weighted by molar-refractivity contribution is 0.921. The van der Waals surface area contributed by atoms with E-state index in [0.717, 1.165) is 23.3 Å². The van der Waals surface area contributed by atoms with E-state index in [1.807, 2.05) is 35.6 Å². The molecule has 5 heteroatoms. The molecule has 0 fully saturated rings. The van der Waals surface area contributed by atoms with Crippen LogP contribution in [0.15, 0.2) is 29.1 Å². The molecule has 0 radical (unpaired) electrons.